The van der Waals surface area contributed by atoms with Gasteiger partial charge in [0.25, 0.3) is 5.91 Å². The molecule has 0 radical (unpaired) electrons. The molecule has 1 aliphatic heterocycles. The van der Waals surface area contributed by atoms with Crippen molar-refractivity contribution >= 4 is 43.5 Å². The number of hydrogen-bond acceptors (Lipinski definition) is 4. The van der Waals surface area contributed by atoms with Gasteiger partial charge in [-0.3, -0.25) is 4.79 Å². The summed E-state index contributed by atoms with van der Waals surface area (Å²) in [6.07, 6.45) is 0. The number of carbonyl (C=O) groups is 1. The number of morpholine rings is 1. The largest absolute Gasteiger partial charge is 0.379 e. The normalized spacial score (nSPS) is 16.5. The third kappa shape index (κ3) is 4.75. The van der Waals surface area contributed by atoms with Crippen LogP contribution < -0.4 is 5.32 Å². The van der Waals surface area contributed by atoms with E-state index in [0.717, 1.165) is 10.0 Å². The SMILES string of the molecule is CC(NC(=O)c1ccc(Cl)c(S(=O)(=O)N2CCOCC2)c1)c1ccc(Br)cc1. The number of rotatable bonds is 5. The van der Waals surface area contributed by atoms with Gasteiger partial charge in [0.1, 0.15) is 4.90 Å². The standard InChI is InChI=1S/C19H20BrClN2O4S/c1-13(14-2-5-16(20)6-3-14)22-19(24)15-4-7-17(21)18(12-15)28(25,26)23-8-10-27-11-9-23/h2-7,12-13H,8-11H2,1H3,(H,22,24). The lowest BCUT2D eigenvalue weighted by molar-refractivity contribution is 0.0730. The number of nitrogens with zero attached hydrogens (tertiary/aromatic N) is 1. The quantitative estimate of drug-likeness (QED) is 0.699. The molecule has 0 spiro atoms. The molecule has 1 atom stereocenters. The zero-order valence-electron chi connectivity index (χ0n) is 15.2. The fourth-order valence-corrected chi connectivity index (χ4v) is 5.06. The van der Waals surface area contributed by atoms with Gasteiger partial charge < -0.3 is 10.1 Å². The highest BCUT2D eigenvalue weighted by Crippen LogP contribution is 2.27. The van der Waals surface area contributed by atoms with Crippen LogP contribution in [0.3, 0.4) is 0 Å². The van der Waals surface area contributed by atoms with Gasteiger partial charge in [-0.15, -0.1) is 0 Å². The summed E-state index contributed by atoms with van der Waals surface area (Å²) in [5.74, 6) is -0.370. The number of amides is 1. The van der Waals surface area contributed by atoms with Crippen LogP contribution in [-0.4, -0.2) is 44.9 Å². The van der Waals surface area contributed by atoms with Crippen LogP contribution in [0.5, 0.6) is 0 Å². The van der Waals surface area contributed by atoms with E-state index in [1.165, 1.54) is 22.5 Å². The van der Waals surface area contributed by atoms with E-state index in [4.69, 9.17) is 16.3 Å². The molecule has 1 aliphatic rings. The smallest absolute Gasteiger partial charge is 0.251 e. The van der Waals surface area contributed by atoms with Crippen LogP contribution in [0.2, 0.25) is 5.02 Å². The molecular formula is C19H20BrClN2O4S. The predicted molar refractivity (Wildman–Crippen MR) is 111 cm³/mol. The third-order valence-electron chi connectivity index (χ3n) is 4.50. The fraction of sp³-hybridized carbons (Fsp3) is 0.316. The lowest BCUT2D eigenvalue weighted by Crippen LogP contribution is -2.40. The van der Waals surface area contributed by atoms with E-state index in [9.17, 15) is 13.2 Å². The highest BCUT2D eigenvalue weighted by atomic mass is 79.9. The van der Waals surface area contributed by atoms with Gasteiger partial charge in [0, 0.05) is 23.1 Å². The van der Waals surface area contributed by atoms with Gasteiger partial charge in [0.2, 0.25) is 10.0 Å². The number of carbonyl (C=O) groups excluding carboxylic acids is 1. The summed E-state index contributed by atoms with van der Waals surface area (Å²) in [6, 6.07) is 11.7. The first-order chi connectivity index (χ1) is 13.3. The Kier molecular flexibility index (Phi) is 6.77. The van der Waals surface area contributed by atoms with Crippen molar-refractivity contribution in [2.24, 2.45) is 0 Å². The Labute approximate surface area is 178 Å². The average molecular weight is 488 g/mol. The molecule has 150 valence electrons. The number of sulfonamides is 1. The number of ether oxygens (including phenoxy) is 1. The van der Waals surface area contributed by atoms with Crippen LogP contribution in [0.15, 0.2) is 51.8 Å². The second-order valence-corrected chi connectivity index (χ2v) is 9.64. The monoisotopic (exact) mass is 486 g/mol. The molecule has 1 saturated heterocycles. The molecule has 6 nitrogen and oxygen atoms in total. The molecule has 3 rings (SSSR count). The van der Waals surface area contributed by atoms with Crippen molar-refractivity contribution in [3.8, 4) is 0 Å². The topological polar surface area (TPSA) is 75.7 Å². The first kappa shape index (κ1) is 21.3. The van der Waals surface area contributed by atoms with Crippen molar-refractivity contribution < 1.29 is 17.9 Å². The van der Waals surface area contributed by atoms with Crippen molar-refractivity contribution in [1.29, 1.82) is 0 Å². The van der Waals surface area contributed by atoms with Gasteiger partial charge in [-0.05, 0) is 42.8 Å². The van der Waals surface area contributed by atoms with Crippen molar-refractivity contribution in [2.45, 2.75) is 17.9 Å². The number of nitrogens with one attached hydrogen (secondary N) is 1. The first-order valence-corrected chi connectivity index (χ1v) is 11.3. The van der Waals surface area contributed by atoms with Crippen LogP contribution in [0.1, 0.15) is 28.9 Å². The van der Waals surface area contributed by atoms with Gasteiger partial charge in [0.05, 0.1) is 24.3 Å². The summed E-state index contributed by atoms with van der Waals surface area (Å²) in [7, 11) is -3.80. The zero-order valence-corrected chi connectivity index (χ0v) is 18.4. The molecule has 1 amide bonds. The van der Waals surface area contributed by atoms with E-state index in [-0.39, 0.29) is 40.5 Å². The maximum atomic E-state index is 12.9. The van der Waals surface area contributed by atoms with Crippen molar-refractivity contribution in [2.75, 3.05) is 26.3 Å². The molecular weight excluding hydrogens is 468 g/mol. The Morgan fingerprint density at radius 1 is 1.18 bits per heavy atom. The minimum Gasteiger partial charge on any atom is -0.379 e. The summed E-state index contributed by atoms with van der Waals surface area (Å²) in [5, 5.41) is 2.97. The lowest BCUT2D eigenvalue weighted by atomic mass is 10.1. The van der Waals surface area contributed by atoms with E-state index in [1.54, 1.807) is 0 Å². The number of halogens is 2. The predicted octanol–water partition coefficient (Wildman–Crippen LogP) is 3.61. The summed E-state index contributed by atoms with van der Waals surface area (Å²) < 4.78 is 33.3. The maximum Gasteiger partial charge on any atom is 0.251 e. The molecule has 2 aromatic rings. The van der Waals surface area contributed by atoms with Crippen LogP contribution >= 0.6 is 27.5 Å². The summed E-state index contributed by atoms with van der Waals surface area (Å²) in [4.78, 5) is 12.6. The van der Waals surface area contributed by atoms with Crippen LogP contribution in [-0.2, 0) is 14.8 Å². The third-order valence-corrected chi connectivity index (χ3v) is 7.41. The summed E-state index contributed by atoms with van der Waals surface area (Å²) in [5.41, 5.74) is 1.17. The molecule has 1 fully saturated rings. The molecule has 0 aromatic heterocycles. The maximum absolute atomic E-state index is 12.9. The fourth-order valence-electron chi connectivity index (χ4n) is 2.88. The lowest BCUT2D eigenvalue weighted by Gasteiger charge is -2.26. The van der Waals surface area contributed by atoms with Crippen molar-refractivity contribution in [1.82, 2.24) is 9.62 Å². The van der Waals surface area contributed by atoms with Crippen LogP contribution in [0, 0.1) is 0 Å². The van der Waals surface area contributed by atoms with Gasteiger partial charge in [-0.25, -0.2) is 8.42 Å². The second kappa shape index (κ2) is 8.92. The molecule has 0 aliphatic carbocycles. The molecule has 0 saturated carbocycles. The number of hydrogen-bond donors (Lipinski definition) is 1. The minimum absolute atomic E-state index is 0.0694. The molecule has 1 heterocycles. The summed E-state index contributed by atoms with van der Waals surface area (Å²) >= 11 is 9.53. The molecule has 0 bridgehead atoms. The highest BCUT2D eigenvalue weighted by molar-refractivity contribution is 9.10. The average Bonchev–Trinajstić information content (AvgIpc) is 2.69. The van der Waals surface area contributed by atoms with Gasteiger partial charge in [0.15, 0.2) is 0 Å². The zero-order chi connectivity index (χ0) is 20.3. The van der Waals surface area contributed by atoms with Gasteiger partial charge in [-0.2, -0.15) is 4.31 Å². The molecule has 1 unspecified atom stereocenters. The molecule has 2 aromatic carbocycles. The Hall–Kier alpha value is -1.45. The Morgan fingerprint density at radius 3 is 2.46 bits per heavy atom. The van der Waals surface area contributed by atoms with E-state index in [1.807, 2.05) is 31.2 Å². The Morgan fingerprint density at radius 2 is 1.82 bits per heavy atom. The first-order valence-electron chi connectivity index (χ1n) is 8.73. The van der Waals surface area contributed by atoms with E-state index in [0.29, 0.717) is 13.2 Å². The van der Waals surface area contributed by atoms with Gasteiger partial charge in [-0.1, -0.05) is 39.7 Å². The van der Waals surface area contributed by atoms with E-state index < -0.39 is 10.0 Å². The van der Waals surface area contributed by atoms with E-state index >= 15 is 0 Å². The second-order valence-electron chi connectivity index (χ2n) is 6.41. The summed E-state index contributed by atoms with van der Waals surface area (Å²) in [6.45, 7) is 3.05. The van der Waals surface area contributed by atoms with Crippen molar-refractivity contribution in [3.05, 3.63) is 63.1 Å². The highest BCUT2D eigenvalue weighted by Gasteiger charge is 2.29. The Bertz CT molecular complexity index is 960. The van der Waals surface area contributed by atoms with E-state index in [2.05, 4.69) is 21.2 Å². The minimum atomic E-state index is -3.80. The molecule has 28 heavy (non-hydrogen) atoms. The Balaban J connectivity index is 1.82. The van der Waals surface area contributed by atoms with Crippen LogP contribution in [0.25, 0.3) is 0 Å². The molecule has 9 heteroatoms. The number of benzene rings is 2. The van der Waals surface area contributed by atoms with Crippen molar-refractivity contribution in [3.63, 3.8) is 0 Å². The van der Waals surface area contributed by atoms with Gasteiger partial charge >= 0.3 is 0 Å². The van der Waals surface area contributed by atoms with Crippen LogP contribution in [0.4, 0.5) is 0 Å². The molecule has 1 N–H and O–H groups in total.